The maximum Gasteiger partial charge on any atom is 0.200 e. The summed E-state index contributed by atoms with van der Waals surface area (Å²) in [6, 6.07) is 9.68. The van der Waals surface area contributed by atoms with Crippen LogP contribution in [0.15, 0.2) is 51.5 Å². The Morgan fingerprint density at radius 2 is 2.06 bits per heavy atom. The molecule has 0 aliphatic carbocycles. The number of benzene rings is 1. The molecule has 0 unspecified atom stereocenters. The molecule has 1 aromatic carbocycles. The Morgan fingerprint density at radius 3 is 2.78 bits per heavy atom. The number of ether oxygens (including phenoxy) is 2. The molecule has 168 valence electrons. The predicted molar refractivity (Wildman–Crippen MR) is 127 cm³/mol. The fourth-order valence-corrected chi connectivity index (χ4v) is 5.00. The summed E-state index contributed by atoms with van der Waals surface area (Å²) < 4.78 is 18.8. The van der Waals surface area contributed by atoms with E-state index in [0.717, 1.165) is 45.3 Å². The number of nitrogens with zero attached hydrogens (tertiary/aromatic N) is 4. The molecule has 0 saturated heterocycles. The highest BCUT2D eigenvalue weighted by atomic mass is 32.2. The van der Waals surface area contributed by atoms with Crippen LogP contribution in [0, 0.1) is 5.92 Å². The van der Waals surface area contributed by atoms with Gasteiger partial charge in [-0.1, -0.05) is 25.6 Å². The maximum absolute atomic E-state index is 5.61. The summed E-state index contributed by atoms with van der Waals surface area (Å²) in [6.07, 6.45) is 1.66. The largest absolute Gasteiger partial charge is 0.493 e. The SMILES string of the molecule is CCOc1ccc(-c2nc(CSc3nnc(-c4ccco4)n3CC(C)C)cs2)cc1OC. The quantitative estimate of drug-likeness (QED) is 0.262. The van der Waals surface area contributed by atoms with Gasteiger partial charge in [0.15, 0.2) is 28.2 Å². The van der Waals surface area contributed by atoms with Gasteiger partial charge in [-0.25, -0.2) is 4.98 Å². The topological polar surface area (TPSA) is 75.2 Å². The van der Waals surface area contributed by atoms with E-state index in [1.165, 1.54) is 0 Å². The lowest BCUT2D eigenvalue weighted by molar-refractivity contribution is 0.311. The number of thiazole rings is 1. The zero-order valence-corrected chi connectivity index (χ0v) is 20.2. The lowest BCUT2D eigenvalue weighted by Crippen LogP contribution is -2.07. The molecule has 0 spiro atoms. The van der Waals surface area contributed by atoms with Crippen molar-refractivity contribution in [2.75, 3.05) is 13.7 Å². The number of furan rings is 1. The van der Waals surface area contributed by atoms with Gasteiger partial charge >= 0.3 is 0 Å². The van der Waals surface area contributed by atoms with Gasteiger partial charge in [-0.2, -0.15) is 0 Å². The molecule has 0 fully saturated rings. The third-order valence-corrected chi connectivity index (χ3v) is 6.56. The van der Waals surface area contributed by atoms with Gasteiger partial charge in [0.2, 0.25) is 0 Å². The van der Waals surface area contributed by atoms with Gasteiger partial charge in [0, 0.05) is 23.2 Å². The second-order valence-corrected chi connectivity index (χ2v) is 9.32. The van der Waals surface area contributed by atoms with E-state index in [0.29, 0.717) is 24.0 Å². The summed E-state index contributed by atoms with van der Waals surface area (Å²) in [5.74, 6) is 4.10. The normalized spacial score (nSPS) is 11.3. The van der Waals surface area contributed by atoms with Crippen LogP contribution in [-0.2, 0) is 12.3 Å². The zero-order valence-electron chi connectivity index (χ0n) is 18.6. The van der Waals surface area contributed by atoms with Gasteiger partial charge in [-0.3, -0.25) is 4.57 Å². The molecule has 0 aliphatic heterocycles. The van der Waals surface area contributed by atoms with Gasteiger partial charge in [0.05, 0.1) is 25.7 Å². The monoisotopic (exact) mass is 470 g/mol. The second kappa shape index (κ2) is 10.2. The molecule has 7 nitrogen and oxygen atoms in total. The number of rotatable bonds is 10. The average molecular weight is 471 g/mol. The van der Waals surface area contributed by atoms with Crippen LogP contribution in [0.1, 0.15) is 26.5 Å². The van der Waals surface area contributed by atoms with E-state index < -0.39 is 0 Å². The molecule has 3 aromatic heterocycles. The summed E-state index contributed by atoms with van der Waals surface area (Å²) in [7, 11) is 1.65. The minimum absolute atomic E-state index is 0.458. The summed E-state index contributed by atoms with van der Waals surface area (Å²) in [4.78, 5) is 4.82. The van der Waals surface area contributed by atoms with E-state index in [4.69, 9.17) is 18.9 Å². The van der Waals surface area contributed by atoms with Gasteiger partial charge in [0.1, 0.15) is 5.01 Å². The van der Waals surface area contributed by atoms with E-state index in [-0.39, 0.29) is 0 Å². The summed E-state index contributed by atoms with van der Waals surface area (Å²) in [6.45, 7) is 7.73. The van der Waals surface area contributed by atoms with Crippen molar-refractivity contribution < 1.29 is 13.9 Å². The van der Waals surface area contributed by atoms with Crippen LogP contribution in [0.5, 0.6) is 11.5 Å². The molecule has 9 heteroatoms. The standard InChI is InChI=1S/C23H26N4O3S2/c1-5-29-18-9-8-16(11-20(18)28-4)22-24-17(13-31-22)14-32-23-26-25-21(19-7-6-10-30-19)27(23)12-15(2)3/h6-11,13,15H,5,12,14H2,1-4H3. The highest BCUT2D eigenvalue weighted by Crippen LogP contribution is 2.35. The van der Waals surface area contributed by atoms with Crippen molar-refractivity contribution in [2.24, 2.45) is 5.92 Å². The smallest absolute Gasteiger partial charge is 0.200 e. The van der Waals surface area contributed by atoms with Crippen LogP contribution >= 0.6 is 23.1 Å². The first-order chi connectivity index (χ1) is 15.6. The van der Waals surface area contributed by atoms with Crippen molar-refractivity contribution in [1.29, 1.82) is 0 Å². The van der Waals surface area contributed by atoms with E-state index in [1.54, 1.807) is 36.5 Å². The lowest BCUT2D eigenvalue weighted by Gasteiger charge is -2.11. The van der Waals surface area contributed by atoms with Crippen LogP contribution in [0.25, 0.3) is 22.2 Å². The zero-order chi connectivity index (χ0) is 22.5. The Balaban J connectivity index is 1.50. The molecule has 0 aliphatic rings. The third kappa shape index (κ3) is 4.99. The van der Waals surface area contributed by atoms with E-state index in [2.05, 4.69) is 34.0 Å². The van der Waals surface area contributed by atoms with Crippen molar-refractivity contribution in [2.45, 2.75) is 38.2 Å². The summed E-state index contributed by atoms with van der Waals surface area (Å²) in [5, 5.41) is 12.7. The van der Waals surface area contributed by atoms with Gasteiger partial charge in [-0.05, 0) is 43.2 Å². The number of hydrogen-bond donors (Lipinski definition) is 0. The fourth-order valence-electron chi connectivity index (χ4n) is 3.23. The van der Waals surface area contributed by atoms with Crippen molar-refractivity contribution in [3.63, 3.8) is 0 Å². The molecule has 0 saturated carbocycles. The number of hydrogen-bond acceptors (Lipinski definition) is 8. The maximum atomic E-state index is 5.61. The van der Waals surface area contributed by atoms with E-state index in [9.17, 15) is 0 Å². The van der Waals surface area contributed by atoms with Crippen LogP contribution in [0.4, 0.5) is 0 Å². The highest BCUT2D eigenvalue weighted by Gasteiger charge is 2.18. The molecular formula is C23H26N4O3S2. The lowest BCUT2D eigenvalue weighted by atomic mass is 10.2. The molecule has 32 heavy (non-hydrogen) atoms. The van der Waals surface area contributed by atoms with Crippen LogP contribution in [0.2, 0.25) is 0 Å². The minimum atomic E-state index is 0.458. The van der Waals surface area contributed by atoms with Crippen molar-refractivity contribution in [3.05, 3.63) is 47.7 Å². The highest BCUT2D eigenvalue weighted by molar-refractivity contribution is 7.98. The van der Waals surface area contributed by atoms with Crippen molar-refractivity contribution in [3.8, 4) is 33.7 Å². The van der Waals surface area contributed by atoms with Gasteiger partial charge < -0.3 is 13.9 Å². The van der Waals surface area contributed by atoms with Crippen molar-refractivity contribution in [1.82, 2.24) is 19.7 Å². The Labute approximate surface area is 195 Å². The second-order valence-electron chi connectivity index (χ2n) is 7.52. The van der Waals surface area contributed by atoms with Crippen LogP contribution in [0.3, 0.4) is 0 Å². The first kappa shape index (κ1) is 22.4. The van der Waals surface area contributed by atoms with Crippen LogP contribution < -0.4 is 9.47 Å². The van der Waals surface area contributed by atoms with Gasteiger partial charge in [0.25, 0.3) is 0 Å². The predicted octanol–water partition coefficient (Wildman–Crippen LogP) is 6.02. The third-order valence-electron chi connectivity index (χ3n) is 4.62. The molecule has 0 amide bonds. The average Bonchev–Trinajstić information content (AvgIpc) is 3.54. The molecule has 4 aromatic rings. The van der Waals surface area contributed by atoms with Crippen LogP contribution in [-0.4, -0.2) is 33.5 Å². The number of thioether (sulfide) groups is 1. The Bertz CT molecular complexity index is 1150. The van der Waals surface area contributed by atoms with E-state index in [1.807, 2.05) is 37.3 Å². The Kier molecular flexibility index (Phi) is 7.16. The summed E-state index contributed by atoms with van der Waals surface area (Å²) in [5.41, 5.74) is 2.01. The molecule has 0 radical (unpaired) electrons. The minimum Gasteiger partial charge on any atom is -0.493 e. The van der Waals surface area contributed by atoms with E-state index >= 15 is 0 Å². The number of aromatic nitrogens is 4. The fraction of sp³-hybridized carbons (Fsp3) is 0.348. The summed E-state index contributed by atoms with van der Waals surface area (Å²) >= 11 is 3.25. The first-order valence-corrected chi connectivity index (χ1v) is 12.3. The van der Waals surface area contributed by atoms with Crippen molar-refractivity contribution >= 4 is 23.1 Å². The Morgan fingerprint density at radius 1 is 1.19 bits per heavy atom. The molecule has 0 atom stereocenters. The molecular weight excluding hydrogens is 444 g/mol. The Hall–Kier alpha value is -2.78. The van der Waals surface area contributed by atoms with Gasteiger partial charge in [-0.15, -0.1) is 21.5 Å². The molecule has 0 bridgehead atoms. The molecule has 4 rings (SSSR count). The molecule has 3 heterocycles. The number of methoxy groups -OCH3 is 1. The molecule has 0 N–H and O–H groups in total. The first-order valence-electron chi connectivity index (χ1n) is 10.4.